The van der Waals surface area contributed by atoms with Crippen LogP contribution in [0.4, 0.5) is 0 Å². The van der Waals surface area contributed by atoms with Gasteiger partial charge in [-0.25, -0.2) is 18.1 Å². The Morgan fingerprint density at radius 2 is 2.14 bits per heavy atom. The minimum atomic E-state index is -3.54. The van der Waals surface area contributed by atoms with Crippen molar-refractivity contribution in [1.29, 1.82) is 0 Å². The maximum absolute atomic E-state index is 12.2. The minimum absolute atomic E-state index is 0.234. The lowest BCUT2D eigenvalue weighted by atomic mass is 10.1. The lowest BCUT2D eigenvalue weighted by molar-refractivity contribution is 0.580. The molecule has 0 saturated carbocycles. The molecule has 0 atom stereocenters. The van der Waals surface area contributed by atoms with E-state index in [9.17, 15) is 8.42 Å². The molecule has 21 heavy (non-hydrogen) atoms. The molecule has 0 unspecified atom stereocenters. The molecule has 1 aromatic heterocycles. The summed E-state index contributed by atoms with van der Waals surface area (Å²) in [7, 11) is -3.54. The number of hydrogen-bond donors (Lipinski definition) is 3. The van der Waals surface area contributed by atoms with Crippen molar-refractivity contribution in [1.82, 2.24) is 19.9 Å². The second-order valence-corrected chi connectivity index (χ2v) is 6.34. The molecule has 4 N–H and O–H groups in total. The van der Waals surface area contributed by atoms with E-state index >= 15 is 0 Å². The Balaban J connectivity index is 2.08. The molecule has 0 radical (unpaired) electrons. The topological polar surface area (TPSA) is 114 Å². The summed E-state index contributed by atoms with van der Waals surface area (Å²) in [4.78, 5) is 4.17. The zero-order chi connectivity index (χ0) is 15.3. The largest absolute Gasteiger partial charge is 0.326 e. The van der Waals surface area contributed by atoms with Crippen molar-refractivity contribution in [3.8, 4) is 0 Å². The van der Waals surface area contributed by atoms with Gasteiger partial charge in [0.2, 0.25) is 10.0 Å². The number of hydrogen-bond acceptors (Lipinski definition) is 5. The Bertz CT molecular complexity index is 683. The standard InChI is InChI=1S/C13H19N5O2S/c1-2-10-3-4-12(7-11(10)8-14)21(19,20)17-6-5-13-15-9-16-18-13/h3-4,7,9,17H,2,5-6,8,14H2,1H3,(H,15,16,18). The van der Waals surface area contributed by atoms with Crippen LogP contribution in [0.2, 0.25) is 0 Å². The summed E-state index contributed by atoms with van der Waals surface area (Å²) in [5.74, 6) is 0.640. The Morgan fingerprint density at radius 1 is 1.33 bits per heavy atom. The highest BCUT2D eigenvalue weighted by Gasteiger charge is 2.15. The number of H-pyrrole nitrogens is 1. The summed E-state index contributed by atoms with van der Waals surface area (Å²) in [6.07, 6.45) is 2.67. The van der Waals surface area contributed by atoms with Crippen LogP contribution >= 0.6 is 0 Å². The molecule has 0 spiro atoms. The van der Waals surface area contributed by atoms with Gasteiger partial charge < -0.3 is 5.73 Å². The molecule has 0 aliphatic rings. The number of aromatic amines is 1. The molecule has 1 heterocycles. The highest BCUT2D eigenvalue weighted by molar-refractivity contribution is 7.89. The van der Waals surface area contributed by atoms with Crippen molar-refractivity contribution in [3.63, 3.8) is 0 Å². The fourth-order valence-corrected chi connectivity index (χ4v) is 3.12. The Morgan fingerprint density at radius 3 is 2.76 bits per heavy atom. The van der Waals surface area contributed by atoms with Gasteiger partial charge in [0.05, 0.1) is 4.90 Å². The van der Waals surface area contributed by atoms with Crippen LogP contribution in [0.1, 0.15) is 23.9 Å². The van der Waals surface area contributed by atoms with E-state index in [4.69, 9.17) is 5.73 Å². The van der Waals surface area contributed by atoms with Crippen LogP contribution in [0, 0.1) is 0 Å². The van der Waals surface area contributed by atoms with Crippen LogP contribution in [-0.4, -0.2) is 30.1 Å². The SMILES string of the molecule is CCc1ccc(S(=O)(=O)NCCc2ncn[nH]2)cc1CN. The van der Waals surface area contributed by atoms with Gasteiger partial charge in [-0.1, -0.05) is 13.0 Å². The maximum Gasteiger partial charge on any atom is 0.240 e. The molecule has 0 aliphatic heterocycles. The van der Waals surface area contributed by atoms with Crippen molar-refractivity contribution >= 4 is 10.0 Å². The molecule has 0 amide bonds. The smallest absolute Gasteiger partial charge is 0.240 e. The molecule has 2 rings (SSSR count). The highest BCUT2D eigenvalue weighted by Crippen LogP contribution is 2.16. The maximum atomic E-state index is 12.2. The normalized spacial score (nSPS) is 11.7. The summed E-state index contributed by atoms with van der Waals surface area (Å²) >= 11 is 0. The van der Waals surface area contributed by atoms with Crippen LogP contribution < -0.4 is 10.5 Å². The van der Waals surface area contributed by atoms with Gasteiger partial charge in [-0.05, 0) is 29.7 Å². The number of nitrogens with two attached hydrogens (primary N) is 1. The summed E-state index contributed by atoms with van der Waals surface area (Å²) in [6, 6.07) is 5.05. The van der Waals surface area contributed by atoms with E-state index in [1.807, 2.05) is 13.0 Å². The van der Waals surface area contributed by atoms with E-state index in [0.717, 1.165) is 17.5 Å². The van der Waals surface area contributed by atoms with Crippen LogP contribution in [0.25, 0.3) is 0 Å². The summed E-state index contributed by atoms with van der Waals surface area (Å²) in [5.41, 5.74) is 7.59. The number of benzene rings is 1. The fraction of sp³-hybridized carbons (Fsp3) is 0.385. The molecule has 7 nitrogen and oxygen atoms in total. The van der Waals surface area contributed by atoms with Gasteiger partial charge in [0, 0.05) is 19.5 Å². The molecule has 0 fully saturated rings. The monoisotopic (exact) mass is 309 g/mol. The lowest BCUT2D eigenvalue weighted by Crippen LogP contribution is -2.26. The first-order valence-corrected chi connectivity index (χ1v) is 8.21. The van der Waals surface area contributed by atoms with Gasteiger partial charge in [-0.3, -0.25) is 5.10 Å². The van der Waals surface area contributed by atoms with Crippen molar-refractivity contribution in [2.75, 3.05) is 6.54 Å². The second kappa shape index (κ2) is 6.79. The van der Waals surface area contributed by atoms with E-state index in [0.29, 0.717) is 18.8 Å². The van der Waals surface area contributed by atoms with Gasteiger partial charge in [0.1, 0.15) is 12.2 Å². The predicted molar refractivity (Wildman–Crippen MR) is 79.0 cm³/mol. The zero-order valence-electron chi connectivity index (χ0n) is 11.8. The minimum Gasteiger partial charge on any atom is -0.326 e. The summed E-state index contributed by atoms with van der Waals surface area (Å²) in [6.45, 7) is 2.59. The van der Waals surface area contributed by atoms with E-state index in [1.54, 1.807) is 12.1 Å². The molecule has 0 aliphatic carbocycles. The molecular weight excluding hydrogens is 290 g/mol. The molecule has 114 valence electrons. The van der Waals surface area contributed by atoms with Crippen LogP contribution in [0.5, 0.6) is 0 Å². The third kappa shape index (κ3) is 3.87. The first-order chi connectivity index (χ1) is 10.1. The molecule has 0 saturated heterocycles. The number of nitrogens with one attached hydrogen (secondary N) is 2. The number of rotatable bonds is 7. The average Bonchev–Trinajstić information content (AvgIpc) is 2.99. The molecule has 2 aromatic rings. The highest BCUT2D eigenvalue weighted by atomic mass is 32.2. The van der Waals surface area contributed by atoms with Crippen molar-refractivity contribution in [2.24, 2.45) is 5.73 Å². The van der Waals surface area contributed by atoms with Crippen LogP contribution in [0.3, 0.4) is 0 Å². The van der Waals surface area contributed by atoms with Crippen molar-refractivity contribution in [2.45, 2.75) is 31.2 Å². The van der Waals surface area contributed by atoms with E-state index in [-0.39, 0.29) is 11.4 Å². The zero-order valence-corrected chi connectivity index (χ0v) is 12.7. The molecule has 8 heteroatoms. The Labute approximate surface area is 124 Å². The first kappa shape index (κ1) is 15.6. The summed E-state index contributed by atoms with van der Waals surface area (Å²) in [5, 5.41) is 6.39. The van der Waals surface area contributed by atoms with Gasteiger partial charge >= 0.3 is 0 Å². The number of nitrogens with zero attached hydrogens (tertiary/aromatic N) is 2. The van der Waals surface area contributed by atoms with Gasteiger partial charge in [-0.15, -0.1) is 0 Å². The van der Waals surface area contributed by atoms with Crippen LogP contribution in [0.15, 0.2) is 29.4 Å². The third-order valence-electron chi connectivity index (χ3n) is 3.21. The average molecular weight is 309 g/mol. The second-order valence-electron chi connectivity index (χ2n) is 4.57. The third-order valence-corrected chi connectivity index (χ3v) is 4.67. The lowest BCUT2D eigenvalue weighted by Gasteiger charge is -2.10. The van der Waals surface area contributed by atoms with Gasteiger partial charge in [0.25, 0.3) is 0 Å². The molecule has 1 aromatic carbocycles. The van der Waals surface area contributed by atoms with Crippen molar-refractivity contribution < 1.29 is 8.42 Å². The fourth-order valence-electron chi connectivity index (χ4n) is 2.04. The van der Waals surface area contributed by atoms with Crippen molar-refractivity contribution in [3.05, 3.63) is 41.5 Å². The van der Waals surface area contributed by atoms with E-state index in [1.165, 1.54) is 6.33 Å². The number of aromatic nitrogens is 3. The van der Waals surface area contributed by atoms with Gasteiger partial charge in [-0.2, -0.15) is 5.10 Å². The Kier molecular flexibility index (Phi) is 5.05. The number of sulfonamides is 1. The number of aryl methyl sites for hydroxylation is 1. The van der Waals surface area contributed by atoms with E-state index < -0.39 is 10.0 Å². The van der Waals surface area contributed by atoms with Gasteiger partial charge in [0.15, 0.2) is 0 Å². The molecular formula is C13H19N5O2S. The Hall–Kier alpha value is -1.77. The predicted octanol–water partition coefficient (Wildman–Crippen LogP) is 0.347. The molecule has 0 bridgehead atoms. The van der Waals surface area contributed by atoms with Crippen LogP contribution in [-0.2, 0) is 29.4 Å². The quantitative estimate of drug-likeness (QED) is 0.683. The van der Waals surface area contributed by atoms with E-state index in [2.05, 4.69) is 19.9 Å². The first-order valence-electron chi connectivity index (χ1n) is 6.72. The summed E-state index contributed by atoms with van der Waals surface area (Å²) < 4.78 is 27.0.